The van der Waals surface area contributed by atoms with Gasteiger partial charge in [0.15, 0.2) is 0 Å². The summed E-state index contributed by atoms with van der Waals surface area (Å²) in [5, 5.41) is 22.4. The predicted molar refractivity (Wildman–Crippen MR) is 89.4 cm³/mol. The molecule has 2 unspecified atom stereocenters. The van der Waals surface area contributed by atoms with Crippen LogP contribution in [0, 0.1) is 5.82 Å². The molecular formula is C17H18ClFN2O4. The summed E-state index contributed by atoms with van der Waals surface area (Å²) in [7, 11) is 0. The molecule has 2 rings (SSSR count). The molecule has 1 amide bonds. The van der Waals surface area contributed by atoms with E-state index in [1.54, 1.807) is 0 Å². The molecule has 8 heteroatoms. The van der Waals surface area contributed by atoms with E-state index < -0.39 is 24.1 Å². The van der Waals surface area contributed by atoms with Crippen LogP contribution in [0.5, 0.6) is 0 Å². The first-order chi connectivity index (χ1) is 12.0. The summed E-state index contributed by atoms with van der Waals surface area (Å²) in [6, 6.07) is 10.2. The van der Waals surface area contributed by atoms with Crippen LogP contribution >= 0.6 is 11.6 Å². The van der Waals surface area contributed by atoms with Crippen molar-refractivity contribution in [3.8, 4) is 0 Å². The summed E-state index contributed by atoms with van der Waals surface area (Å²) in [4.78, 5) is 15.2. The molecule has 134 valence electrons. The molecule has 0 saturated heterocycles. The van der Waals surface area contributed by atoms with Crippen molar-refractivity contribution >= 4 is 17.7 Å². The maximum absolute atomic E-state index is 13.7. The third-order valence-corrected chi connectivity index (χ3v) is 3.61. The van der Waals surface area contributed by atoms with Gasteiger partial charge in [0.05, 0.1) is 11.1 Å². The van der Waals surface area contributed by atoms with E-state index in [1.165, 1.54) is 6.20 Å². The van der Waals surface area contributed by atoms with Gasteiger partial charge in [-0.25, -0.2) is 9.18 Å². The molecule has 0 aliphatic rings. The van der Waals surface area contributed by atoms with Gasteiger partial charge in [-0.2, -0.15) is 0 Å². The Morgan fingerprint density at radius 1 is 1.32 bits per heavy atom. The van der Waals surface area contributed by atoms with Gasteiger partial charge in [0, 0.05) is 12.7 Å². The van der Waals surface area contributed by atoms with Crippen molar-refractivity contribution in [3.05, 3.63) is 64.7 Å². The molecular weight excluding hydrogens is 351 g/mol. The van der Waals surface area contributed by atoms with Crippen LogP contribution in [0.4, 0.5) is 9.18 Å². The molecule has 6 nitrogen and oxygen atoms in total. The van der Waals surface area contributed by atoms with Gasteiger partial charge in [-0.05, 0) is 18.1 Å². The van der Waals surface area contributed by atoms with Gasteiger partial charge in [-0.1, -0.05) is 41.9 Å². The van der Waals surface area contributed by atoms with Crippen LogP contribution in [0.2, 0.25) is 5.02 Å². The highest BCUT2D eigenvalue weighted by molar-refractivity contribution is 6.30. The number of aromatic nitrogens is 1. The lowest BCUT2D eigenvalue weighted by Gasteiger charge is -2.18. The minimum Gasteiger partial charge on any atom is -0.445 e. The number of carbonyl (C=O) groups is 1. The lowest BCUT2D eigenvalue weighted by molar-refractivity contribution is 0.00894. The zero-order valence-corrected chi connectivity index (χ0v) is 14.0. The number of halogens is 2. The zero-order valence-electron chi connectivity index (χ0n) is 13.2. The van der Waals surface area contributed by atoms with Crippen molar-refractivity contribution in [2.24, 2.45) is 0 Å². The number of aliphatic hydroxyl groups is 2. The summed E-state index contributed by atoms with van der Waals surface area (Å²) in [6.45, 7) is 0.165. The number of pyridine rings is 1. The van der Waals surface area contributed by atoms with Crippen LogP contribution < -0.4 is 5.32 Å². The van der Waals surface area contributed by atoms with Crippen LogP contribution in [-0.4, -0.2) is 33.9 Å². The van der Waals surface area contributed by atoms with Crippen molar-refractivity contribution < 1.29 is 24.1 Å². The molecule has 0 radical (unpaired) electrons. The molecule has 25 heavy (non-hydrogen) atoms. The van der Waals surface area contributed by atoms with E-state index in [9.17, 15) is 19.4 Å². The van der Waals surface area contributed by atoms with Crippen LogP contribution in [0.25, 0.3) is 0 Å². The summed E-state index contributed by atoms with van der Waals surface area (Å²) in [6.07, 6.45) is -2.32. The van der Waals surface area contributed by atoms with Gasteiger partial charge in [-0.3, -0.25) is 4.98 Å². The minimum atomic E-state index is -1.53. The second-order valence-corrected chi connectivity index (χ2v) is 5.75. The third kappa shape index (κ3) is 5.97. The first-order valence-corrected chi connectivity index (χ1v) is 7.97. The molecule has 3 N–H and O–H groups in total. The number of nitrogens with one attached hydrogen (secondary N) is 1. The van der Waals surface area contributed by atoms with Gasteiger partial charge < -0.3 is 20.3 Å². The fraction of sp³-hybridized carbons (Fsp3) is 0.294. The number of hydrogen-bond acceptors (Lipinski definition) is 5. The molecule has 1 heterocycles. The summed E-state index contributed by atoms with van der Waals surface area (Å²) >= 11 is 5.59. The van der Waals surface area contributed by atoms with E-state index >= 15 is 0 Å². The highest BCUT2D eigenvalue weighted by atomic mass is 35.5. The number of aliphatic hydroxyl groups excluding tert-OH is 2. The van der Waals surface area contributed by atoms with Crippen molar-refractivity contribution in [2.75, 3.05) is 6.54 Å². The van der Waals surface area contributed by atoms with E-state index in [2.05, 4.69) is 10.3 Å². The topological polar surface area (TPSA) is 91.7 Å². The zero-order chi connectivity index (χ0) is 18.2. The average Bonchev–Trinajstić information content (AvgIpc) is 2.60. The molecule has 2 aromatic rings. The molecule has 0 spiro atoms. The number of ether oxygens (including phenoxy) is 1. The molecule has 2 atom stereocenters. The number of carbonyl (C=O) groups excluding carboxylic acids is 1. The Balaban J connectivity index is 1.74. The monoisotopic (exact) mass is 368 g/mol. The first kappa shape index (κ1) is 19.1. The quantitative estimate of drug-likeness (QED) is 0.698. The molecule has 0 bridgehead atoms. The largest absolute Gasteiger partial charge is 0.445 e. The van der Waals surface area contributed by atoms with Gasteiger partial charge in [-0.15, -0.1) is 0 Å². The molecule has 0 aliphatic carbocycles. The lowest BCUT2D eigenvalue weighted by atomic mass is 10.1. The number of amides is 1. The van der Waals surface area contributed by atoms with E-state index in [0.29, 0.717) is 0 Å². The fourth-order valence-corrected chi connectivity index (χ4v) is 2.22. The normalized spacial score (nSPS) is 13.1. The Labute approximate surface area is 149 Å². The number of hydrogen-bond donors (Lipinski definition) is 3. The second-order valence-electron chi connectivity index (χ2n) is 5.31. The van der Waals surface area contributed by atoms with Crippen LogP contribution in [0.1, 0.15) is 23.8 Å². The van der Waals surface area contributed by atoms with E-state index in [-0.39, 0.29) is 30.3 Å². The Bertz CT molecular complexity index is 702. The number of nitrogens with zero attached hydrogens (tertiary/aromatic N) is 1. The predicted octanol–water partition coefficient (Wildman–Crippen LogP) is 2.58. The number of benzene rings is 1. The van der Waals surface area contributed by atoms with Crippen LogP contribution in [0.3, 0.4) is 0 Å². The van der Waals surface area contributed by atoms with Gasteiger partial charge >= 0.3 is 6.09 Å². The summed E-state index contributed by atoms with van der Waals surface area (Å²) in [5.74, 6) is -0.811. The van der Waals surface area contributed by atoms with E-state index in [0.717, 1.165) is 11.6 Å². The Hall–Kier alpha value is -2.22. The van der Waals surface area contributed by atoms with Gasteiger partial charge in [0.1, 0.15) is 24.2 Å². The summed E-state index contributed by atoms with van der Waals surface area (Å²) < 4.78 is 18.7. The van der Waals surface area contributed by atoms with E-state index in [1.807, 2.05) is 30.3 Å². The van der Waals surface area contributed by atoms with Gasteiger partial charge in [0.25, 0.3) is 0 Å². The van der Waals surface area contributed by atoms with Crippen molar-refractivity contribution in [1.29, 1.82) is 0 Å². The maximum atomic E-state index is 13.7. The number of rotatable bonds is 7. The Morgan fingerprint density at radius 3 is 2.72 bits per heavy atom. The SMILES string of the molecule is O=C(NCCC(O)C(O)c1ncc(Cl)cc1F)OCc1ccccc1. The average molecular weight is 369 g/mol. The Kier molecular flexibility index (Phi) is 7.12. The molecule has 0 saturated carbocycles. The van der Waals surface area contributed by atoms with Gasteiger partial charge in [0.2, 0.25) is 0 Å². The first-order valence-electron chi connectivity index (χ1n) is 7.59. The van der Waals surface area contributed by atoms with Crippen LogP contribution in [0.15, 0.2) is 42.6 Å². The number of alkyl carbamates (subject to hydrolysis) is 1. The smallest absolute Gasteiger partial charge is 0.407 e. The third-order valence-electron chi connectivity index (χ3n) is 3.40. The molecule has 1 aromatic heterocycles. The minimum absolute atomic E-state index is 0.00858. The molecule has 0 aliphatic heterocycles. The van der Waals surface area contributed by atoms with Crippen molar-refractivity contribution in [1.82, 2.24) is 10.3 Å². The lowest BCUT2D eigenvalue weighted by Crippen LogP contribution is -2.30. The second kappa shape index (κ2) is 9.31. The van der Waals surface area contributed by atoms with Crippen molar-refractivity contribution in [2.45, 2.75) is 25.2 Å². The fourth-order valence-electron chi connectivity index (χ4n) is 2.08. The van der Waals surface area contributed by atoms with Crippen LogP contribution in [-0.2, 0) is 11.3 Å². The molecule has 0 fully saturated rings. The highest BCUT2D eigenvalue weighted by Crippen LogP contribution is 2.21. The summed E-state index contributed by atoms with van der Waals surface area (Å²) in [5.41, 5.74) is 0.543. The standard InChI is InChI=1S/C17H18ClFN2O4/c18-12-8-13(19)15(21-9-12)16(23)14(22)6-7-20-17(24)25-10-11-4-2-1-3-5-11/h1-5,8-9,14,16,22-23H,6-7,10H2,(H,20,24). The molecule has 1 aromatic carbocycles. The van der Waals surface area contributed by atoms with Crippen molar-refractivity contribution in [3.63, 3.8) is 0 Å². The Morgan fingerprint density at radius 2 is 2.04 bits per heavy atom. The van der Waals surface area contributed by atoms with E-state index in [4.69, 9.17) is 16.3 Å². The maximum Gasteiger partial charge on any atom is 0.407 e. The highest BCUT2D eigenvalue weighted by Gasteiger charge is 2.23.